The van der Waals surface area contributed by atoms with E-state index >= 15 is 0 Å². The molecule has 25 heavy (non-hydrogen) atoms. The van der Waals surface area contributed by atoms with Gasteiger partial charge in [-0.25, -0.2) is 4.98 Å². The molecule has 1 aromatic heterocycles. The number of carbonyl (C=O) groups is 1. The highest BCUT2D eigenvalue weighted by atomic mass is 32.2. The van der Waals surface area contributed by atoms with Crippen LogP contribution in [0.3, 0.4) is 0 Å². The minimum atomic E-state index is -0.702. The van der Waals surface area contributed by atoms with Gasteiger partial charge in [-0.2, -0.15) is 0 Å². The normalized spacial score (nSPS) is 16.7. The van der Waals surface area contributed by atoms with E-state index in [1.807, 2.05) is 11.8 Å². The molecule has 1 aliphatic heterocycles. The number of hydrogen-bond donors (Lipinski definition) is 1. The Hall–Kier alpha value is -1.46. The summed E-state index contributed by atoms with van der Waals surface area (Å²) >= 11 is 3.61. The van der Waals surface area contributed by atoms with Crippen molar-refractivity contribution in [2.75, 3.05) is 0 Å². The Bertz CT molecular complexity index is 761. The van der Waals surface area contributed by atoms with Crippen LogP contribution in [0.2, 0.25) is 0 Å². The van der Waals surface area contributed by atoms with Crippen LogP contribution in [-0.2, 0) is 11.2 Å². The van der Waals surface area contributed by atoms with Crippen molar-refractivity contribution in [2.24, 2.45) is 0 Å². The van der Waals surface area contributed by atoms with Crippen molar-refractivity contribution in [3.8, 4) is 11.3 Å². The summed E-state index contributed by atoms with van der Waals surface area (Å²) in [6, 6.07) is 12.8. The van der Waals surface area contributed by atoms with Gasteiger partial charge in [0.05, 0.1) is 10.7 Å². The highest BCUT2D eigenvalue weighted by molar-refractivity contribution is 8.00. The predicted octanol–water partition coefficient (Wildman–Crippen LogP) is 5.52. The maximum absolute atomic E-state index is 10.8. The molecule has 0 aliphatic carbocycles. The van der Waals surface area contributed by atoms with Gasteiger partial charge in [0, 0.05) is 27.4 Å². The first-order valence-electron chi connectivity index (χ1n) is 8.66. The number of hydrogen-bond acceptors (Lipinski definition) is 4. The third-order valence-electron chi connectivity index (χ3n) is 4.15. The number of carboxylic acids is 1. The van der Waals surface area contributed by atoms with Gasteiger partial charge in [-0.3, -0.25) is 4.79 Å². The summed E-state index contributed by atoms with van der Waals surface area (Å²) in [4.78, 5) is 16.8. The van der Waals surface area contributed by atoms with Gasteiger partial charge in [0.1, 0.15) is 0 Å². The number of pyridine rings is 1. The average Bonchev–Trinajstić information content (AvgIpc) is 2.59. The molecule has 0 bridgehead atoms. The van der Waals surface area contributed by atoms with E-state index in [0.29, 0.717) is 10.5 Å². The van der Waals surface area contributed by atoms with Crippen LogP contribution >= 0.6 is 23.5 Å². The first-order chi connectivity index (χ1) is 12.0. The van der Waals surface area contributed by atoms with Crippen LogP contribution in [0.15, 0.2) is 46.3 Å². The van der Waals surface area contributed by atoms with Gasteiger partial charge in [-0.15, -0.1) is 23.5 Å². The average molecular weight is 374 g/mol. The van der Waals surface area contributed by atoms with Crippen molar-refractivity contribution in [1.82, 2.24) is 4.98 Å². The largest absolute Gasteiger partial charge is 0.481 e. The maximum atomic E-state index is 10.8. The highest BCUT2D eigenvalue weighted by Crippen LogP contribution is 2.39. The number of nitrogens with zero attached hydrogens (tertiary/aromatic N) is 1. The lowest BCUT2D eigenvalue weighted by atomic mass is 10.0. The summed E-state index contributed by atoms with van der Waals surface area (Å²) in [5.74, 6) is -0.702. The van der Waals surface area contributed by atoms with Crippen LogP contribution in [0.5, 0.6) is 0 Å². The van der Waals surface area contributed by atoms with E-state index in [2.05, 4.69) is 50.2 Å². The smallest absolute Gasteiger partial charge is 0.303 e. The predicted molar refractivity (Wildman–Crippen MR) is 106 cm³/mol. The van der Waals surface area contributed by atoms with E-state index in [0.717, 1.165) is 35.5 Å². The molecule has 2 aromatic rings. The van der Waals surface area contributed by atoms with Gasteiger partial charge < -0.3 is 5.11 Å². The minimum Gasteiger partial charge on any atom is -0.481 e. The van der Waals surface area contributed by atoms with Gasteiger partial charge in [0.2, 0.25) is 0 Å². The molecule has 0 saturated heterocycles. The van der Waals surface area contributed by atoms with Gasteiger partial charge in [0.25, 0.3) is 0 Å². The molecule has 1 aliphatic rings. The first kappa shape index (κ1) is 18.3. The summed E-state index contributed by atoms with van der Waals surface area (Å²) in [6.45, 7) is 4.35. The standard InChI is InChI=1S/C20H23NO2S2/c1-13(2)24-19-5-3-4-17(21-19)14-7-10-18-15(12-14)6-8-16(25-18)9-11-20(22)23/h3-5,7,10,12-13,16H,6,8-9,11H2,1-2H3,(H,22,23). The van der Waals surface area contributed by atoms with Crippen molar-refractivity contribution in [1.29, 1.82) is 0 Å². The van der Waals surface area contributed by atoms with Gasteiger partial charge in [-0.1, -0.05) is 26.0 Å². The number of benzene rings is 1. The number of carboxylic acid groups (broad SMARTS) is 1. The van der Waals surface area contributed by atoms with Crippen LogP contribution in [0, 0.1) is 0 Å². The number of aromatic nitrogens is 1. The molecule has 0 amide bonds. The zero-order valence-electron chi connectivity index (χ0n) is 14.6. The Morgan fingerprint density at radius 2 is 2.20 bits per heavy atom. The van der Waals surface area contributed by atoms with Crippen LogP contribution in [0.1, 0.15) is 38.7 Å². The molecule has 1 N–H and O–H groups in total. The fourth-order valence-electron chi connectivity index (χ4n) is 2.97. The van der Waals surface area contributed by atoms with Crippen LogP contribution in [0.25, 0.3) is 11.3 Å². The SMILES string of the molecule is CC(C)Sc1cccc(-c2ccc3c(c2)CCC(CCC(=O)O)S3)n1. The number of aliphatic carboxylic acids is 1. The molecule has 2 heterocycles. The van der Waals surface area contributed by atoms with Crippen molar-refractivity contribution in [3.63, 3.8) is 0 Å². The molecule has 1 atom stereocenters. The molecule has 0 fully saturated rings. The Labute approximate surface area is 157 Å². The summed E-state index contributed by atoms with van der Waals surface area (Å²) in [7, 11) is 0. The molecule has 3 nitrogen and oxygen atoms in total. The zero-order valence-corrected chi connectivity index (χ0v) is 16.2. The van der Waals surface area contributed by atoms with Crippen LogP contribution < -0.4 is 0 Å². The van der Waals surface area contributed by atoms with E-state index < -0.39 is 5.97 Å². The number of aryl methyl sites for hydroxylation is 1. The molecule has 3 rings (SSSR count). The van der Waals surface area contributed by atoms with E-state index in [-0.39, 0.29) is 6.42 Å². The Balaban J connectivity index is 1.75. The second-order valence-electron chi connectivity index (χ2n) is 6.56. The summed E-state index contributed by atoms with van der Waals surface area (Å²) in [5, 5.41) is 10.9. The fraction of sp³-hybridized carbons (Fsp3) is 0.400. The third-order valence-corrected chi connectivity index (χ3v) is 6.54. The summed E-state index contributed by atoms with van der Waals surface area (Å²) < 4.78 is 0. The van der Waals surface area contributed by atoms with E-state index in [1.54, 1.807) is 11.8 Å². The molecule has 132 valence electrons. The third kappa shape index (κ3) is 5.02. The second-order valence-corrected chi connectivity index (χ2v) is 9.50. The molecule has 1 aromatic carbocycles. The molecule has 1 unspecified atom stereocenters. The van der Waals surface area contributed by atoms with Crippen LogP contribution in [-0.4, -0.2) is 26.6 Å². The highest BCUT2D eigenvalue weighted by Gasteiger charge is 2.20. The van der Waals surface area contributed by atoms with Crippen molar-refractivity contribution in [2.45, 2.75) is 60.0 Å². The van der Waals surface area contributed by atoms with E-state index in [1.165, 1.54) is 10.5 Å². The molecule has 0 spiro atoms. The number of thioether (sulfide) groups is 2. The van der Waals surface area contributed by atoms with Crippen LogP contribution in [0.4, 0.5) is 0 Å². The Morgan fingerprint density at radius 3 is 2.96 bits per heavy atom. The van der Waals surface area contributed by atoms with Gasteiger partial charge in [-0.05, 0) is 49.1 Å². The molecule has 0 saturated carbocycles. The number of rotatable bonds is 6. The second kappa shape index (κ2) is 8.28. The monoisotopic (exact) mass is 373 g/mol. The van der Waals surface area contributed by atoms with Crippen molar-refractivity contribution in [3.05, 3.63) is 42.0 Å². The molecular weight excluding hydrogens is 350 g/mol. The zero-order chi connectivity index (χ0) is 17.8. The minimum absolute atomic E-state index is 0.259. The molecule has 0 radical (unpaired) electrons. The first-order valence-corrected chi connectivity index (χ1v) is 10.4. The van der Waals surface area contributed by atoms with Gasteiger partial charge >= 0.3 is 5.97 Å². The van der Waals surface area contributed by atoms with E-state index in [4.69, 9.17) is 10.1 Å². The topological polar surface area (TPSA) is 50.2 Å². The summed E-state index contributed by atoms with van der Waals surface area (Å²) in [5.41, 5.74) is 3.54. The van der Waals surface area contributed by atoms with Gasteiger partial charge in [0.15, 0.2) is 0 Å². The quantitative estimate of drug-likeness (QED) is 0.676. The number of fused-ring (bicyclic) bond motifs is 1. The molecular formula is C20H23NO2S2. The van der Waals surface area contributed by atoms with Crippen molar-refractivity contribution >= 4 is 29.5 Å². The summed E-state index contributed by atoms with van der Waals surface area (Å²) in [6.07, 6.45) is 3.07. The lowest BCUT2D eigenvalue weighted by molar-refractivity contribution is -0.137. The fourth-order valence-corrected chi connectivity index (χ4v) is 5.06. The Kier molecular flexibility index (Phi) is 6.07. The van der Waals surface area contributed by atoms with Crippen molar-refractivity contribution < 1.29 is 9.90 Å². The van der Waals surface area contributed by atoms with E-state index in [9.17, 15) is 4.79 Å². The lowest BCUT2D eigenvalue weighted by Gasteiger charge is -2.24. The molecule has 5 heteroatoms. The lowest BCUT2D eigenvalue weighted by Crippen LogP contribution is -2.12. The maximum Gasteiger partial charge on any atom is 0.303 e. The Morgan fingerprint density at radius 1 is 1.36 bits per heavy atom.